The van der Waals surface area contributed by atoms with Crippen molar-refractivity contribution in [3.05, 3.63) is 58.1 Å². The van der Waals surface area contributed by atoms with Gasteiger partial charge >= 0.3 is 0 Å². The van der Waals surface area contributed by atoms with Gasteiger partial charge in [-0.25, -0.2) is 4.98 Å². The number of aromatic nitrogens is 2. The van der Waals surface area contributed by atoms with E-state index in [4.69, 9.17) is 23.2 Å². The summed E-state index contributed by atoms with van der Waals surface area (Å²) in [6, 6.07) is 7.44. The quantitative estimate of drug-likeness (QED) is 0.858. The number of nitrogens with zero attached hydrogens (tertiary/aromatic N) is 3. The highest BCUT2D eigenvalue weighted by atomic mass is 35.5. The zero-order chi connectivity index (χ0) is 15.4. The lowest BCUT2D eigenvalue weighted by Crippen LogP contribution is -2.37. The van der Waals surface area contributed by atoms with Gasteiger partial charge in [0.1, 0.15) is 10.8 Å². The van der Waals surface area contributed by atoms with Crippen molar-refractivity contribution in [1.29, 1.82) is 0 Å². The summed E-state index contributed by atoms with van der Waals surface area (Å²) in [4.78, 5) is 22.2. The van der Waals surface area contributed by atoms with Gasteiger partial charge in [0.2, 0.25) is 0 Å². The number of carbonyl (C=O) groups is 1. The average molecular weight is 324 g/mol. The molecule has 0 unspecified atom stereocenters. The van der Waals surface area contributed by atoms with Crippen LogP contribution >= 0.6 is 23.2 Å². The largest absolute Gasteiger partial charge is 0.331 e. The number of rotatable bonds is 4. The lowest BCUT2D eigenvalue weighted by Gasteiger charge is -2.26. The molecule has 6 heteroatoms. The number of hydrogen-bond donors (Lipinski definition) is 0. The molecular formula is C15H15Cl2N3O. The van der Waals surface area contributed by atoms with E-state index >= 15 is 0 Å². The third-order valence-electron chi connectivity index (χ3n) is 2.95. The van der Waals surface area contributed by atoms with Gasteiger partial charge < -0.3 is 4.90 Å². The van der Waals surface area contributed by atoms with Gasteiger partial charge in [0, 0.05) is 17.6 Å². The first kappa shape index (κ1) is 15.7. The Morgan fingerprint density at radius 3 is 2.67 bits per heavy atom. The Morgan fingerprint density at radius 2 is 2.05 bits per heavy atom. The van der Waals surface area contributed by atoms with Crippen molar-refractivity contribution in [2.24, 2.45) is 0 Å². The van der Waals surface area contributed by atoms with E-state index in [9.17, 15) is 4.79 Å². The summed E-state index contributed by atoms with van der Waals surface area (Å²) in [5.41, 5.74) is 1.19. The third kappa shape index (κ3) is 4.16. The van der Waals surface area contributed by atoms with Crippen molar-refractivity contribution in [3.63, 3.8) is 0 Å². The first-order valence-corrected chi connectivity index (χ1v) is 7.26. The molecule has 0 saturated carbocycles. The van der Waals surface area contributed by atoms with E-state index in [0.717, 1.165) is 5.56 Å². The SMILES string of the molecule is CC(C)N(Cc1cccc(Cl)c1)C(=O)c1cncc(Cl)n1. The molecule has 1 heterocycles. The second-order valence-electron chi connectivity index (χ2n) is 4.88. The monoisotopic (exact) mass is 323 g/mol. The maximum atomic E-state index is 12.6. The van der Waals surface area contributed by atoms with Gasteiger partial charge in [-0.15, -0.1) is 0 Å². The summed E-state index contributed by atoms with van der Waals surface area (Å²) in [6.07, 6.45) is 2.82. The molecule has 0 spiro atoms. The molecule has 2 rings (SSSR count). The Bertz CT molecular complexity index is 646. The molecule has 0 aliphatic rings. The Balaban J connectivity index is 2.25. The molecule has 0 atom stereocenters. The molecule has 0 aliphatic carbocycles. The molecule has 0 radical (unpaired) electrons. The average Bonchev–Trinajstić information content (AvgIpc) is 2.44. The summed E-state index contributed by atoms with van der Waals surface area (Å²) >= 11 is 11.8. The molecule has 0 saturated heterocycles. The smallest absolute Gasteiger partial charge is 0.274 e. The zero-order valence-corrected chi connectivity index (χ0v) is 13.3. The minimum Gasteiger partial charge on any atom is -0.331 e. The van der Waals surface area contributed by atoms with Crippen molar-refractivity contribution in [1.82, 2.24) is 14.9 Å². The number of carbonyl (C=O) groups excluding carboxylic acids is 1. The van der Waals surface area contributed by atoms with Crippen LogP contribution in [0.3, 0.4) is 0 Å². The van der Waals surface area contributed by atoms with Crippen molar-refractivity contribution >= 4 is 29.1 Å². The molecule has 4 nitrogen and oxygen atoms in total. The van der Waals surface area contributed by atoms with Crippen molar-refractivity contribution in [3.8, 4) is 0 Å². The molecule has 0 aliphatic heterocycles. The predicted octanol–water partition coefficient (Wildman–Crippen LogP) is 3.83. The Hall–Kier alpha value is -1.65. The highest BCUT2D eigenvalue weighted by Gasteiger charge is 2.21. The van der Waals surface area contributed by atoms with Crippen LogP contribution in [0.25, 0.3) is 0 Å². The van der Waals surface area contributed by atoms with Gasteiger partial charge in [-0.05, 0) is 31.5 Å². The highest BCUT2D eigenvalue weighted by Crippen LogP contribution is 2.16. The standard InChI is InChI=1S/C15H15Cl2N3O/c1-10(2)20(9-11-4-3-5-12(16)6-11)15(21)13-7-18-8-14(17)19-13/h3-8,10H,9H2,1-2H3. The molecule has 1 aromatic carbocycles. The first-order valence-electron chi connectivity index (χ1n) is 6.50. The summed E-state index contributed by atoms with van der Waals surface area (Å²) in [6.45, 7) is 4.34. The highest BCUT2D eigenvalue weighted by molar-refractivity contribution is 6.30. The van der Waals surface area contributed by atoms with Gasteiger partial charge in [0.05, 0.1) is 12.4 Å². The van der Waals surface area contributed by atoms with Gasteiger partial charge in [-0.1, -0.05) is 35.3 Å². The lowest BCUT2D eigenvalue weighted by atomic mass is 10.1. The van der Waals surface area contributed by atoms with Crippen LogP contribution in [0.4, 0.5) is 0 Å². The van der Waals surface area contributed by atoms with Crippen LogP contribution in [-0.2, 0) is 6.54 Å². The minimum atomic E-state index is -0.208. The Kier molecular flexibility index (Phi) is 5.15. The van der Waals surface area contributed by atoms with Crippen LogP contribution < -0.4 is 0 Å². The van der Waals surface area contributed by atoms with E-state index in [1.54, 1.807) is 11.0 Å². The van der Waals surface area contributed by atoms with E-state index in [2.05, 4.69) is 9.97 Å². The van der Waals surface area contributed by atoms with Crippen LogP contribution in [-0.4, -0.2) is 26.8 Å². The summed E-state index contributed by atoms with van der Waals surface area (Å²) in [5, 5.41) is 0.846. The van der Waals surface area contributed by atoms with Crippen LogP contribution in [0.1, 0.15) is 29.9 Å². The summed E-state index contributed by atoms with van der Waals surface area (Å²) < 4.78 is 0. The molecule has 1 amide bonds. The van der Waals surface area contributed by atoms with Crippen LogP contribution in [0, 0.1) is 0 Å². The number of halogens is 2. The first-order chi connectivity index (χ1) is 9.97. The second kappa shape index (κ2) is 6.87. The number of hydrogen-bond acceptors (Lipinski definition) is 3. The van der Waals surface area contributed by atoms with E-state index in [1.807, 2.05) is 32.0 Å². The molecule has 0 bridgehead atoms. The molecule has 21 heavy (non-hydrogen) atoms. The van der Waals surface area contributed by atoms with Crippen LogP contribution in [0.15, 0.2) is 36.7 Å². The maximum Gasteiger partial charge on any atom is 0.274 e. The van der Waals surface area contributed by atoms with Gasteiger partial charge in [0.25, 0.3) is 5.91 Å². The molecule has 110 valence electrons. The van der Waals surface area contributed by atoms with Crippen molar-refractivity contribution in [2.45, 2.75) is 26.4 Å². The van der Waals surface area contributed by atoms with Gasteiger partial charge in [0.15, 0.2) is 0 Å². The molecule has 0 N–H and O–H groups in total. The predicted molar refractivity (Wildman–Crippen MR) is 83.5 cm³/mol. The summed E-state index contributed by atoms with van der Waals surface area (Å²) in [7, 11) is 0. The fourth-order valence-corrected chi connectivity index (χ4v) is 2.27. The minimum absolute atomic E-state index is 0.0114. The number of benzene rings is 1. The van der Waals surface area contributed by atoms with E-state index in [-0.39, 0.29) is 22.8 Å². The van der Waals surface area contributed by atoms with Gasteiger partial charge in [-0.2, -0.15) is 0 Å². The zero-order valence-electron chi connectivity index (χ0n) is 11.8. The maximum absolute atomic E-state index is 12.6. The van der Waals surface area contributed by atoms with Crippen molar-refractivity contribution < 1.29 is 4.79 Å². The van der Waals surface area contributed by atoms with E-state index in [1.165, 1.54) is 12.4 Å². The second-order valence-corrected chi connectivity index (χ2v) is 5.71. The fourth-order valence-electron chi connectivity index (χ4n) is 1.91. The third-order valence-corrected chi connectivity index (χ3v) is 3.37. The topological polar surface area (TPSA) is 46.1 Å². The van der Waals surface area contributed by atoms with Crippen LogP contribution in [0.5, 0.6) is 0 Å². The molecule has 1 aromatic heterocycles. The van der Waals surface area contributed by atoms with Crippen LogP contribution in [0.2, 0.25) is 10.2 Å². The van der Waals surface area contributed by atoms with E-state index < -0.39 is 0 Å². The lowest BCUT2D eigenvalue weighted by molar-refractivity contribution is 0.0683. The number of amides is 1. The van der Waals surface area contributed by atoms with Gasteiger partial charge in [-0.3, -0.25) is 9.78 Å². The molecule has 2 aromatic rings. The molecule has 0 fully saturated rings. The Labute approximate surface area is 133 Å². The fraction of sp³-hybridized carbons (Fsp3) is 0.267. The molecular weight excluding hydrogens is 309 g/mol. The van der Waals surface area contributed by atoms with E-state index in [0.29, 0.717) is 11.6 Å². The Morgan fingerprint density at radius 1 is 1.29 bits per heavy atom. The normalized spacial score (nSPS) is 10.7. The summed E-state index contributed by atoms with van der Waals surface area (Å²) in [5.74, 6) is -0.208. The van der Waals surface area contributed by atoms with Crippen molar-refractivity contribution in [2.75, 3.05) is 0 Å².